The summed E-state index contributed by atoms with van der Waals surface area (Å²) >= 11 is 0. The molecule has 0 aromatic rings. The Balaban J connectivity index is 2.65. The van der Waals surface area contributed by atoms with Crippen LogP contribution >= 0.6 is 0 Å². The lowest BCUT2D eigenvalue weighted by Crippen LogP contribution is -2.38. The van der Waals surface area contributed by atoms with Crippen molar-refractivity contribution in [2.45, 2.75) is 40.2 Å². The van der Waals surface area contributed by atoms with Crippen molar-refractivity contribution in [3.63, 3.8) is 0 Å². The summed E-state index contributed by atoms with van der Waals surface area (Å²) in [6.45, 7) is 7.37. The SMILES string of the molecule is CC1=C(C)C(=O)N(CC(O)CC(C)C)C1=O. The van der Waals surface area contributed by atoms with Gasteiger partial charge >= 0.3 is 0 Å². The highest BCUT2D eigenvalue weighted by Gasteiger charge is 2.34. The van der Waals surface area contributed by atoms with Crippen LogP contribution in [0.4, 0.5) is 0 Å². The van der Waals surface area contributed by atoms with E-state index in [4.69, 9.17) is 0 Å². The second-order valence-corrected chi connectivity index (χ2v) is 4.75. The third-order valence-electron chi connectivity index (χ3n) is 2.83. The molecule has 16 heavy (non-hydrogen) atoms. The van der Waals surface area contributed by atoms with E-state index in [0.29, 0.717) is 23.5 Å². The van der Waals surface area contributed by atoms with Gasteiger partial charge in [0, 0.05) is 11.1 Å². The standard InChI is InChI=1S/C12H19NO3/c1-7(2)5-10(14)6-13-11(15)8(3)9(4)12(13)16/h7,10,14H,5-6H2,1-4H3. The van der Waals surface area contributed by atoms with E-state index in [1.54, 1.807) is 13.8 Å². The summed E-state index contributed by atoms with van der Waals surface area (Å²) in [5, 5.41) is 9.72. The van der Waals surface area contributed by atoms with Gasteiger partial charge in [0.2, 0.25) is 0 Å². The fourth-order valence-corrected chi connectivity index (χ4v) is 1.81. The number of imide groups is 1. The molecule has 0 saturated carbocycles. The molecule has 1 aliphatic rings. The lowest BCUT2D eigenvalue weighted by atomic mass is 10.1. The van der Waals surface area contributed by atoms with Crippen molar-refractivity contribution in [1.29, 1.82) is 0 Å². The van der Waals surface area contributed by atoms with Crippen LogP contribution < -0.4 is 0 Å². The van der Waals surface area contributed by atoms with Crippen LogP contribution in [0.5, 0.6) is 0 Å². The van der Waals surface area contributed by atoms with Gasteiger partial charge in [-0.2, -0.15) is 0 Å². The topological polar surface area (TPSA) is 57.6 Å². The Hall–Kier alpha value is -1.16. The average Bonchev–Trinajstić information content (AvgIpc) is 2.34. The molecule has 90 valence electrons. The van der Waals surface area contributed by atoms with Gasteiger partial charge < -0.3 is 5.11 Å². The molecule has 4 heteroatoms. The van der Waals surface area contributed by atoms with Crippen molar-refractivity contribution in [2.75, 3.05) is 6.54 Å². The average molecular weight is 225 g/mol. The van der Waals surface area contributed by atoms with E-state index in [1.807, 2.05) is 13.8 Å². The minimum Gasteiger partial charge on any atom is -0.391 e. The number of nitrogens with zero attached hydrogens (tertiary/aromatic N) is 1. The molecule has 1 heterocycles. The maximum Gasteiger partial charge on any atom is 0.256 e. The van der Waals surface area contributed by atoms with Crippen molar-refractivity contribution in [1.82, 2.24) is 4.90 Å². The van der Waals surface area contributed by atoms with Crippen molar-refractivity contribution >= 4 is 11.8 Å². The number of aliphatic hydroxyl groups is 1. The van der Waals surface area contributed by atoms with Crippen molar-refractivity contribution in [3.8, 4) is 0 Å². The van der Waals surface area contributed by atoms with E-state index in [1.165, 1.54) is 0 Å². The number of hydrogen-bond acceptors (Lipinski definition) is 3. The van der Waals surface area contributed by atoms with Gasteiger partial charge in [-0.25, -0.2) is 0 Å². The van der Waals surface area contributed by atoms with E-state index >= 15 is 0 Å². The number of rotatable bonds is 4. The van der Waals surface area contributed by atoms with Gasteiger partial charge in [-0.1, -0.05) is 13.8 Å². The van der Waals surface area contributed by atoms with Crippen molar-refractivity contribution < 1.29 is 14.7 Å². The van der Waals surface area contributed by atoms with Crippen LogP contribution in [0.25, 0.3) is 0 Å². The van der Waals surface area contributed by atoms with Crippen LogP contribution in [0.1, 0.15) is 34.1 Å². The Morgan fingerprint density at radius 3 is 1.94 bits per heavy atom. The van der Waals surface area contributed by atoms with Crippen LogP contribution in [0.2, 0.25) is 0 Å². The molecule has 0 spiro atoms. The fraction of sp³-hybridized carbons (Fsp3) is 0.667. The molecule has 0 aliphatic carbocycles. The normalized spacial score (nSPS) is 19.0. The number of carbonyl (C=O) groups is 2. The Morgan fingerprint density at radius 2 is 1.56 bits per heavy atom. The van der Waals surface area contributed by atoms with E-state index in [2.05, 4.69) is 0 Å². The summed E-state index contributed by atoms with van der Waals surface area (Å²) in [6.07, 6.45) is -0.0404. The van der Waals surface area contributed by atoms with Gasteiger partial charge in [-0.3, -0.25) is 14.5 Å². The number of carbonyl (C=O) groups excluding carboxylic acids is 2. The quantitative estimate of drug-likeness (QED) is 0.729. The largest absolute Gasteiger partial charge is 0.391 e. The number of β-amino-alcohol motifs (C(OH)–C–C–N with tert-alkyl or cyclic N) is 1. The Kier molecular flexibility index (Phi) is 3.86. The van der Waals surface area contributed by atoms with Crippen LogP contribution in [0.3, 0.4) is 0 Å². The van der Waals surface area contributed by atoms with Gasteiger partial charge in [0.05, 0.1) is 12.6 Å². The molecule has 1 aliphatic heterocycles. The second kappa shape index (κ2) is 4.78. The van der Waals surface area contributed by atoms with E-state index in [0.717, 1.165) is 4.90 Å². The Bertz CT molecular complexity index is 320. The molecular weight excluding hydrogens is 206 g/mol. The summed E-state index contributed by atoms with van der Waals surface area (Å²) in [5.74, 6) is -0.200. The Morgan fingerprint density at radius 1 is 1.12 bits per heavy atom. The van der Waals surface area contributed by atoms with Gasteiger partial charge in [0.15, 0.2) is 0 Å². The zero-order valence-corrected chi connectivity index (χ0v) is 10.3. The molecule has 0 saturated heterocycles. The van der Waals surface area contributed by atoms with E-state index < -0.39 is 6.10 Å². The first-order valence-electron chi connectivity index (χ1n) is 5.56. The fourth-order valence-electron chi connectivity index (χ4n) is 1.81. The maximum absolute atomic E-state index is 11.7. The summed E-state index contributed by atoms with van der Waals surface area (Å²) in [6, 6.07) is 0. The summed E-state index contributed by atoms with van der Waals surface area (Å²) < 4.78 is 0. The predicted octanol–water partition coefficient (Wildman–Crippen LogP) is 1.10. The van der Waals surface area contributed by atoms with Crippen LogP contribution in [-0.4, -0.2) is 34.5 Å². The molecule has 1 N–H and O–H groups in total. The van der Waals surface area contributed by atoms with Crippen LogP contribution in [0.15, 0.2) is 11.1 Å². The Labute approximate surface area is 95.9 Å². The highest BCUT2D eigenvalue weighted by atomic mass is 16.3. The smallest absolute Gasteiger partial charge is 0.256 e. The summed E-state index contributed by atoms with van der Waals surface area (Å²) in [4.78, 5) is 24.5. The highest BCUT2D eigenvalue weighted by molar-refractivity contribution is 6.18. The zero-order valence-electron chi connectivity index (χ0n) is 10.3. The third-order valence-corrected chi connectivity index (χ3v) is 2.83. The number of aliphatic hydroxyl groups excluding tert-OH is 1. The maximum atomic E-state index is 11.7. The first-order valence-corrected chi connectivity index (χ1v) is 5.56. The molecule has 4 nitrogen and oxygen atoms in total. The number of amides is 2. The summed E-state index contributed by atoms with van der Waals surface area (Å²) in [5.41, 5.74) is 0.975. The predicted molar refractivity (Wildman–Crippen MR) is 60.6 cm³/mol. The molecule has 1 atom stereocenters. The van der Waals surface area contributed by atoms with Crippen molar-refractivity contribution in [3.05, 3.63) is 11.1 Å². The first kappa shape index (κ1) is 12.9. The molecule has 0 fully saturated rings. The molecule has 0 aromatic heterocycles. The third kappa shape index (κ3) is 2.50. The molecule has 2 amide bonds. The van der Waals surface area contributed by atoms with Gasteiger partial charge in [0.1, 0.15) is 0 Å². The molecule has 1 unspecified atom stereocenters. The van der Waals surface area contributed by atoms with Gasteiger partial charge in [-0.15, -0.1) is 0 Å². The second-order valence-electron chi connectivity index (χ2n) is 4.75. The zero-order chi connectivity index (χ0) is 12.5. The van der Waals surface area contributed by atoms with Crippen molar-refractivity contribution in [2.24, 2.45) is 5.92 Å². The van der Waals surface area contributed by atoms with Gasteiger partial charge in [-0.05, 0) is 26.2 Å². The van der Waals surface area contributed by atoms with Gasteiger partial charge in [0.25, 0.3) is 11.8 Å². The molecule has 0 radical (unpaired) electrons. The highest BCUT2D eigenvalue weighted by Crippen LogP contribution is 2.20. The molecular formula is C12H19NO3. The first-order chi connectivity index (χ1) is 7.34. The van der Waals surface area contributed by atoms with Crippen LogP contribution in [0, 0.1) is 5.92 Å². The number of hydrogen-bond donors (Lipinski definition) is 1. The monoisotopic (exact) mass is 225 g/mol. The van der Waals surface area contributed by atoms with E-state index in [-0.39, 0.29) is 18.4 Å². The summed E-state index contributed by atoms with van der Waals surface area (Å²) in [7, 11) is 0. The lowest BCUT2D eigenvalue weighted by Gasteiger charge is -2.20. The minimum atomic E-state index is -0.633. The molecule has 0 aromatic carbocycles. The minimum absolute atomic E-state index is 0.102. The molecule has 1 rings (SSSR count). The van der Waals surface area contributed by atoms with E-state index in [9.17, 15) is 14.7 Å². The lowest BCUT2D eigenvalue weighted by molar-refractivity contribution is -0.139. The molecule has 0 bridgehead atoms. The van der Waals surface area contributed by atoms with Crippen LogP contribution in [-0.2, 0) is 9.59 Å².